The van der Waals surface area contributed by atoms with E-state index in [4.69, 9.17) is 0 Å². The standard InChI is InChI=1S/C17H18F2N8O/c1-2-27-16-14(23-24-27)15(20-10-21-16)25-6-8-26(9-7-25)17(28)22-13-11(18)4-3-5-12(13)19/h3-5,10H,2,6-9H2,1H3,(H,22,28). The second kappa shape index (κ2) is 7.33. The zero-order valence-corrected chi connectivity index (χ0v) is 15.1. The molecule has 4 rings (SSSR count). The van der Waals surface area contributed by atoms with Crippen LogP contribution >= 0.6 is 0 Å². The van der Waals surface area contributed by atoms with E-state index in [0.29, 0.717) is 49.7 Å². The molecular weight excluding hydrogens is 370 g/mol. The first-order valence-electron chi connectivity index (χ1n) is 8.87. The number of aryl methyl sites for hydroxylation is 1. The highest BCUT2D eigenvalue weighted by molar-refractivity contribution is 5.90. The molecule has 0 unspecified atom stereocenters. The minimum atomic E-state index is -0.811. The van der Waals surface area contributed by atoms with E-state index in [9.17, 15) is 13.6 Å². The van der Waals surface area contributed by atoms with Crippen LogP contribution in [-0.4, -0.2) is 62.1 Å². The van der Waals surface area contributed by atoms with E-state index in [1.54, 1.807) is 4.68 Å². The van der Waals surface area contributed by atoms with E-state index in [2.05, 4.69) is 25.6 Å². The monoisotopic (exact) mass is 388 g/mol. The molecule has 28 heavy (non-hydrogen) atoms. The van der Waals surface area contributed by atoms with E-state index in [1.807, 2.05) is 11.8 Å². The lowest BCUT2D eigenvalue weighted by molar-refractivity contribution is 0.208. The topological polar surface area (TPSA) is 92.1 Å². The molecule has 11 heteroatoms. The van der Waals surface area contributed by atoms with E-state index >= 15 is 0 Å². The first-order chi connectivity index (χ1) is 13.6. The van der Waals surface area contributed by atoms with Crippen LogP contribution in [0.15, 0.2) is 24.5 Å². The quantitative estimate of drug-likeness (QED) is 0.737. The van der Waals surface area contributed by atoms with Crippen molar-refractivity contribution < 1.29 is 13.6 Å². The number of carbonyl (C=O) groups is 1. The molecule has 0 spiro atoms. The van der Waals surface area contributed by atoms with Crippen molar-refractivity contribution in [3.63, 3.8) is 0 Å². The highest BCUT2D eigenvalue weighted by Gasteiger charge is 2.25. The van der Waals surface area contributed by atoms with Gasteiger partial charge in [0.25, 0.3) is 0 Å². The summed E-state index contributed by atoms with van der Waals surface area (Å²) in [4.78, 5) is 24.4. The van der Waals surface area contributed by atoms with Crippen molar-refractivity contribution in [2.75, 3.05) is 36.4 Å². The molecule has 0 aliphatic carbocycles. The van der Waals surface area contributed by atoms with Crippen molar-refractivity contribution in [2.45, 2.75) is 13.5 Å². The molecule has 0 radical (unpaired) electrons. The minimum absolute atomic E-state index is 0.370. The van der Waals surface area contributed by atoms with Crippen LogP contribution in [0.2, 0.25) is 0 Å². The molecule has 3 aromatic rings. The highest BCUT2D eigenvalue weighted by atomic mass is 19.1. The van der Waals surface area contributed by atoms with Crippen molar-refractivity contribution in [3.8, 4) is 0 Å². The molecule has 1 aromatic carbocycles. The lowest BCUT2D eigenvalue weighted by atomic mass is 10.3. The van der Waals surface area contributed by atoms with Crippen LogP contribution in [0, 0.1) is 11.6 Å². The summed E-state index contributed by atoms with van der Waals surface area (Å²) in [5.41, 5.74) is 0.821. The molecule has 9 nitrogen and oxygen atoms in total. The van der Waals surface area contributed by atoms with Gasteiger partial charge in [-0.05, 0) is 19.1 Å². The van der Waals surface area contributed by atoms with E-state index in [1.165, 1.54) is 17.3 Å². The number of urea groups is 1. The lowest BCUT2D eigenvalue weighted by Gasteiger charge is -2.35. The first-order valence-corrected chi connectivity index (χ1v) is 8.87. The molecule has 0 atom stereocenters. The Hall–Kier alpha value is -3.37. The summed E-state index contributed by atoms with van der Waals surface area (Å²) in [5.74, 6) is -0.964. The number of carbonyl (C=O) groups excluding carboxylic acids is 1. The van der Waals surface area contributed by atoms with Gasteiger partial charge in [-0.2, -0.15) is 0 Å². The smallest absolute Gasteiger partial charge is 0.322 e. The number of fused-ring (bicyclic) bond motifs is 1. The van der Waals surface area contributed by atoms with Gasteiger partial charge in [0.15, 0.2) is 17.0 Å². The van der Waals surface area contributed by atoms with Crippen molar-refractivity contribution in [3.05, 3.63) is 36.2 Å². The zero-order chi connectivity index (χ0) is 19.7. The fourth-order valence-electron chi connectivity index (χ4n) is 3.15. The number of aromatic nitrogens is 5. The number of anilines is 2. The molecule has 2 amide bonds. The summed E-state index contributed by atoms with van der Waals surface area (Å²) in [5, 5.41) is 10.5. The average molecular weight is 388 g/mol. The van der Waals surface area contributed by atoms with Gasteiger partial charge in [-0.3, -0.25) is 0 Å². The predicted octanol–water partition coefficient (Wildman–Crippen LogP) is 1.87. The SMILES string of the molecule is CCn1nnc2c(N3CCN(C(=O)Nc4c(F)cccc4F)CC3)ncnc21. The summed E-state index contributed by atoms with van der Waals surface area (Å²) >= 11 is 0. The third-order valence-electron chi connectivity index (χ3n) is 4.64. The number of halogens is 2. The third kappa shape index (κ3) is 3.19. The largest absolute Gasteiger partial charge is 0.351 e. The van der Waals surface area contributed by atoms with Gasteiger partial charge >= 0.3 is 6.03 Å². The van der Waals surface area contributed by atoms with Crippen LogP contribution in [0.3, 0.4) is 0 Å². The highest BCUT2D eigenvalue weighted by Crippen LogP contribution is 2.23. The average Bonchev–Trinajstić information content (AvgIpc) is 3.14. The maximum absolute atomic E-state index is 13.7. The summed E-state index contributed by atoms with van der Waals surface area (Å²) < 4.78 is 29.1. The Bertz CT molecular complexity index is 995. The predicted molar refractivity (Wildman–Crippen MR) is 98.0 cm³/mol. The van der Waals surface area contributed by atoms with Gasteiger partial charge < -0.3 is 15.1 Å². The molecule has 1 aliphatic heterocycles. The first kappa shape index (κ1) is 18.0. The number of rotatable bonds is 3. The normalized spacial score (nSPS) is 14.5. The van der Waals surface area contributed by atoms with Crippen LogP contribution in [0.5, 0.6) is 0 Å². The molecule has 0 saturated carbocycles. The van der Waals surface area contributed by atoms with Crippen molar-refractivity contribution in [2.24, 2.45) is 0 Å². The molecule has 1 saturated heterocycles. The van der Waals surface area contributed by atoms with E-state index < -0.39 is 23.4 Å². The number of benzene rings is 1. The summed E-state index contributed by atoms with van der Waals surface area (Å²) in [6.45, 7) is 4.33. The Kier molecular flexibility index (Phi) is 4.72. The molecular formula is C17H18F2N8O. The number of piperazine rings is 1. The van der Waals surface area contributed by atoms with Gasteiger partial charge in [0.05, 0.1) is 0 Å². The number of hydrogen-bond acceptors (Lipinski definition) is 6. The van der Waals surface area contributed by atoms with Gasteiger partial charge in [-0.25, -0.2) is 28.2 Å². The minimum Gasteiger partial charge on any atom is -0.351 e. The van der Waals surface area contributed by atoms with Gasteiger partial charge in [0, 0.05) is 32.7 Å². The molecule has 1 N–H and O–H groups in total. The van der Waals surface area contributed by atoms with Crippen molar-refractivity contribution in [1.82, 2.24) is 29.9 Å². The number of para-hydroxylation sites is 1. The van der Waals surface area contributed by atoms with Crippen molar-refractivity contribution >= 4 is 28.7 Å². The lowest BCUT2D eigenvalue weighted by Crippen LogP contribution is -2.50. The van der Waals surface area contributed by atoms with Crippen LogP contribution in [0.25, 0.3) is 11.2 Å². The fourth-order valence-corrected chi connectivity index (χ4v) is 3.15. The van der Waals surface area contributed by atoms with Gasteiger partial charge in [-0.15, -0.1) is 5.10 Å². The fraction of sp³-hybridized carbons (Fsp3) is 0.353. The van der Waals surface area contributed by atoms with Crippen LogP contribution < -0.4 is 10.2 Å². The maximum atomic E-state index is 13.7. The Labute approximate surface area is 159 Å². The van der Waals surface area contributed by atoms with Gasteiger partial charge in [0.1, 0.15) is 23.6 Å². The number of hydrogen-bond donors (Lipinski definition) is 1. The Morgan fingerprint density at radius 1 is 1.14 bits per heavy atom. The molecule has 2 aromatic heterocycles. The third-order valence-corrected chi connectivity index (χ3v) is 4.64. The zero-order valence-electron chi connectivity index (χ0n) is 15.1. The number of amides is 2. The molecule has 1 fully saturated rings. The Morgan fingerprint density at radius 3 is 2.54 bits per heavy atom. The van der Waals surface area contributed by atoms with Crippen LogP contribution in [0.1, 0.15) is 6.92 Å². The summed E-state index contributed by atoms with van der Waals surface area (Å²) in [6.07, 6.45) is 1.47. The van der Waals surface area contributed by atoms with Gasteiger partial charge in [-0.1, -0.05) is 11.3 Å². The molecule has 3 heterocycles. The van der Waals surface area contributed by atoms with E-state index in [-0.39, 0.29) is 0 Å². The Morgan fingerprint density at radius 2 is 1.86 bits per heavy atom. The molecule has 146 valence electrons. The van der Waals surface area contributed by atoms with Gasteiger partial charge in [0.2, 0.25) is 0 Å². The summed E-state index contributed by atoms with van der Waals surface area (Å²) in [6, 6.07) is 2.89. The number of nitrogens with one attached hydrogen (secondary N) is 1. The number of nitrogens with zero attached hydrogens (tertiary/aromatic N) is 7. The molecule has 1 aliphatic rings. The second-order valence-corrected chi connectivity index (χ2v) is 6.28. The summed E-state index contributed by atoms with van der Waals surface area (Å²) in [7, 11) is 0. The second-order valence-electron chi connectivity index (χ2n) is 6.28. The maximum Gasteiger partial charge on any atom is 0.322 e. The Balaban J connectivity index is 1.45. The molecule has 0 bridgehead atoms. The van der Waals surface area contributed by atoms with Crippen LogP contribution in [0.4, 0.5) is 25.1 Å². The van der Waals surface area contributed by atoms with Crippen molar-refractivity contribution in [1.29, 1.82) is 0 Å². The van der Waals surface area contributed by atoms with E-state index in [0.717, 1.165) is 12.1 Å². The van der Waals surface area contributed by atoms with Crippen LogP contribution in [-0.2, 0) is 6.54 Å².